The van der Waals surface area contributed by atoms with Crippen molar-refractivity contribution < 1.29 is 18.3 Å². The first-order chi connectivity index (χ1) is 10.00. The Morgan fingerprint density at radius 3 is 2.48 bits per heavy atom. The van der Waals surface area contributed by atoms with Crippen molar-refractivity contribution >= 4 is 21.9 Å². The van der Waals surface area contributed by atoms with Gasteiger partial charge in [-0.15, -0.1) is 0 Å². The number of rotatable bonds is 3. The van der Waals surface area contributed by atoms with Crippen LogP contribution < -0.4 is 4.31 Å². The number of nitrogens with zero attached hydrogens (tertiary/aromatic N) is 2. The molecule has 6 nitrogen and oxygen atoms in total. The van der Waals surface area contributed by atoms with Gasteiger partial charge in [0.1, 0.15) is 0 Å². The van der Waals surface area contributed by atoms with Crippen molar-refractivity contribution in [3.05, 3.63) is 29.8 Å². The molecule has 7 heteroatoms. The summed E-state index contributed by atoms with van der Waals surface area (Å²) in [4.78, 5) is 11.0. The Kier molecular flexibility index (Phi) is 3.62. The maximum Gasteiger partial charge on any atom is 0.306 e. The van der Waals surface area contributed by atoms with E-state index in [1.165, 1.54) is 8.61 Å². The second-order valence-corrected chi connectivity index (χ2v) is 7.32. The molecule has 0 atom stereocenters. The highest BCUT2D eigenvalue weighted by Gasteiger charge is 2.37. The zero-order chi connectivity index (χ0) is 15.0. The van der Waals surface area contributed by atoms with Crippen LogP contribution in [0.5, 0.6) is 0 Å². The van der Waals surface area contributed by atoms with Crippen LogP contribution in [0, 0.1) is 5.92 Å². The van der Waals surface area contributed by atoms with Crippen molar-refractivity contribution in [3.63, 3.8) is 0 Å². The molecule has 1 aromatic carbocycles. The van der Waals surface area contributed by atoms with E-state index in [9.17, 15) is 13.2 Å². The van der Waals surface area contributed by atoms with Gasteiger partial charge in [-0.25, -0.2) is 0 Å². The van der Waals surface area contributed by atoms with Gasteiger partial charge in [0.2, 0.25) is 0 Å². The van der Waals surface area contributed by atoms with Crippen LogP contribution in [0.3, 0.4) is 0 Å². The van der Waals surface area contributed by atoms with Crippen molar-refractivity contribution in [2.75, 3.05) is 23.9 Å². The van der Waals surface area contributed by atoms with E-state index in [0.29, 0.717) is 19.4 Å². The standard InChI is InChI=1S/C14H18N2O4S/c17-14(18)12-5-8-15(9-6-12)21(19,20)16-10-7-11-3-1-2-4-13(11)16/h1-4,12H,5-10H2,(H,17,18). The van der Waals surface area contributed by atoms with E-state index in [1.54, 1.807) is 0 Å². The third-order valence-corrected chi connectivity index (χ3v) is 6.21. The first-order valence-electron chi connectivity index (χ1n) is 7.08. The molecule has 1 N–H and O–H groups in total. The molecule has 2 aliphatic rings. The van der Waals surface area contributed by atoms with Crippen molar-refractivity contribution in [3.8, 4) is 0 Å². The molecule has 0 saturated carbocycles. The fraction of sp³-hybridized carbons (Fsp3) is 0.500. The topological polar surface area (TPSA) is 77.9 Å². The van der Waals surface area contributed by atoms with E-state index in [0.717, 1.165) is 17.7 Å². The van der Waals surface area contributed by atoms with Gasteiger partial charge in [-0.3, -0.25) is 9.10 Å². The molecule has 0 bridgehead atoms. The van der Waals surface area contributed by atoms with Crippen molar-refractivity contribution in [2.45, 2.75) is 19.3 Å². The molecule has 2 heterocycles. The molecule has 1 aromatic rings. The van der Waals surface area contributed by atoms with Crippen LogP contribution in [-0.4, -0.2) is 43.4 Å². The lowest BCUT2D eigenvalue weighted by Crippen LogP contribution is -2.47. The molecule has 21 heavy (non-hydrogen) atoms. The quantitative estimate of drug-likeness (QED) is 0.906. The second-order valence-electron chi connectivity index (χ2n) is 5.47. The van der Waals surface area contributed by atoms with E-state index in [-0.39, 0.29) is 13.1 Å². The average molecular weight is 310 g/mol. The van der Waals surface area contributed by atoms with Gasteiger partial charge in [0.05, 0.1) is 11.6 Å². The summed E-state index contributed by atoms with van der Waals surface area (Å²) in [5, 5.41) is 8.99. The Morgan fingerprint density at radius 2 is 1.81 bits per heavy atom. The third kappa shape index (κ3) is 2.51. The Morgan fingerprint density at radius 1 is 1.14 bits per heavy atom. The first-order valence-corrected chi connectivity index (χ1v) is 8.48. The molecule has 1 saturated heterocycles. The van der Waals surface area contributed by atoms with Gasteiger partial charge in [0.25, 0.3) is 0 Å². The number of fused-ring (bicyclic) bond motifs is 1. The van der Waals surface area contributed by atoms with Crippen LogP contribution in [0.4, 0.5) is 5.69 Å². The lowest BCUT2D eigenvalue weighted by molar-refractivity contribution is -0.142. The van der Waals surface area contributed by atoms with E-state index in [2.05, 4.69) is 0 Å². The van der Waals surface area contributed by atoms with Gasteiger partial charge >= 0.3 is 16.2 Å². The van der Waals surface area contributed by atoms with Crippen LogP contribution >= 0.6 is 0 Å². The van der Waals surface area contributed by atoms with Gasteiger partial charge in [-0.1, -0.05) is 18.2 Å². The number of carboxylic acid groups (broad SMARTS) is 1. The summed E-state index contributed by atoms with van der Waals surface area (Å²) in [7, 11) is -3.55. The number of hydrogen-bond acceptors (Lipinski definition) is 3. The van der Waals surface area contributed by atoms with Crippen molar-refractivity contribution in [1.29, 1.82) is 0 Å². The minimum Gasteiger partial charge on any atom is -0.481 e. The Balaban J connectivity index is 1.79. The molecule has 0 spiro atoms. The number of piperidine rings is 1. The number of carbonyl (C=O) groups is 1. The lowest BCUT2D eigenvalue weighted by Gasteiger charge is -2.33. The molecule has 0 aliphatic carbocycles. The lowest BCUT2D eigenvalue weighted by atomic mass is 9.99. The first kappa shape index (κ1) is 14.3. The Bertz CT molecular complexity index is 651. The molecule has 0 radical (unpaired) electrons. The summed E-state index contributed by atoms with van der Waals surface area (Å²) in [5.41, 5.74) is 1.79. The van der Waals surface area contributed by atoms with E-state index in [1.807, 2.05) is 24.3 Å². The fourth-order valence-electron chi connectivity index (χ4n) is 3.02. The maximum absolute atomic E-state index is 12.7. The summed E-state index contributed by atoms with van der Waals surface area (Å²) in [5.74, 6) is -1.26. The zero-order valence-corrected chi connectivity index (χ0v) is 12.4. The third-order valence-electron chi connectivity index (χ3n) is 4.25. The second kappa shape index (κ2) is 5.31. The summed E-state index contributed by atoms with van der Waals surface area (Å²) in [6, 6.07) is 7.52. The van der Waals surface area contributed by atoms with Gasteiger partial charge in [0, 0.05) is 19.6 Å². The number of para-hydroxylation sites is 1. The highest BCUT2D eigenvalue weighted by molar-refractivity contribution is 7.90. The number of aliphatic carboxylic acids is 1. The number of carboxylic acids is 1. The van der Waals surface area contributed by atoms with Crippen LogP contribution in [-0.2, 0) is 21.4 Å². The van der Waals surface area contributed by atoms with Gasteiger partial charge in [-0.2, -0.15) is 12.7 Å². The maximum atomic E-state index is 12.7. The van der Waals surface area contributed by atoms with Crippen molar-refractivity contribution in [1.82, 2.24) is 4.31 Å². The fourth-order valence-corrected chi connectivity index (χ4v) is 4.72. The normalized spacial score (nSPS) is 20.5. The van der Waals surface area contributed by atoms with Crippen LogP contribution in [0.25, 0.3) is 0 Å². The monoisotopic (exact) mass is 310 g/mol. The summed E-state index contributed by atoms with van der Waals surface area (Å²) < 4.78 is 28.3. The summed E-state index contributed by atoms with van der Waals surface area (Å²) >= 11 is 0. The van der Waals surface area contributed by atoms with E-state index in [4.69, 9.17) is 5.11 Å². The minimum atomic E-state index is -3.55. The van der Waals surface area contributed by atoms with E-state index < -0.39 is 22.1 Å². The molecule has 1 fully saturated rings. The zero-order valence-electron chi connectivity index (χ0n) is 11.6. The predicted molar refractivity (Wildman–Crippen MR) is 78.3 cm³/mol. The highest BCUT2D eigenvalue weighted by Crippen LogP contribution is 2.32. The Hall–Kier alpha value is -1.60. The van der Waals surface area contributed by atoms with Gasteiger partial charge in [0.15, 0.2) is 0 Å². The molecule has 3 rings (SSSR count). The summed E-state index contributed by atoms with van der Waals surface area (Å²) in [6.07, 6.45) is 1.48. The number of benzene rings is 1. The van der Waals surface area contributed by atoms with E-state index >= 15 is 0 Å². The SMILES string of the molecule is O=C(O)C1CCN(S(=O)(=O)N2CCc3ccccc32)CC1. The largest absolute Gasteiger partial charge is 0.481 e. The molecule has 2 aliphatic heterocycles. The smallest absolute Gasteiger partial charge is 0.306 e. The molecular weight excluding hydrogens is 292 g/mol. The summed E-state index contributed by atoms with van der Waals surface area (Å²) in [6.45, 7) is 1.01. The number of anilines is 1. The Labute approximate surface area is 124 Å². The highest BCUT2D eigenvalue weighted by atomic mass is 32.2. The number of hydrogen-bond donors (Lipinski definition) is 1. The van der Waals surface area contributed by atoms with Gasteiger partial charge in [-0.05, 0) is 30.9 Å². The van der Waals surface area contributed by atoms with Crippen LogP contribution in [0.1, 0.15) is 18.4 Å². The molecule has 0 unspecified atom stereocenters. The molecule has 114 valence electrons. The average Bonchev–Trinajstić information content (AvgIpc) is 2.92. The van der Waals surface area contributed by atoms with Gasteiger partial charge < -0.3 is 5.11 Å². The predicted octanol–water partition coefficient (Wildman–Crippen LogP) is 1.09. The van der Waals surface area contributed by atoms with Crippen molar-refractivity contribution in [2.24, 2.45) is 5.92 Å². The minimum absolute atomic E-state index is 0.276. The van der Waals surface area contributed by atoms with Crippen LogP contribution in [0.2, 0.25) is 0 Å². The van der Waals surface area contributed by atoms with Crippen LogP contribution in [0.15, 0.2) is 24.3 Å². The molecule has 0 aromatic heterocycles. The molecular formula is C14H18N2O4S. The molecule has 0 amide bonds.